The maximum absolute atomic E-state index is 12.2. The lowest BCUT2D eigenvalue weighted by Crippen LogP contribution is -2.32. The van der Waals surface area contributed by atoms with Crippen molar-refractivity contribution in [3.8, 4) is 23.0 Å². The van der Waals surface area contributed by atoms with Crippen LogP contribution >= 0.6 is 11.6 Å². The Morgan fingerprint density at radius 2 is 1.42 bits per heavy atom. The standard InChI is InChI=1S/C40H49ClN6O6/c1-9-10-11-34-43-35-36(47(34)23-27-14-12-26(13-15-27)22-42-39(48)53-40(2,3)4)37(41)44-45-38(35)46(24-28-16-18-30(49-5)20-32(28)51-7)25-29-17-19-31(50-6)21-33(29)52-8/h12-21H,9-11,22-25H2,1-8H3,(H,42,48). The number of hydrogen-bond acceptors (Lipinski definition) is 10. The number of ether oxygens (including phenoxy) is 5. The molecule has 0 aliphatic heterocycles. The summed E-state index contributed by atoms with van der Waals surface area (Å²) in [7, 11) is 6.53. The Balaban J connectivity index is 1.55. The number of carbonyl (C=O) groups is 1. The van der Waals surface area contributed by atoms with Crippen molar-refractivity contribution >= 4 is 34.5 Å². The molecule has 282 valence electrons. The molecule has 53 heavy (non-hydrogen) atoms. The predicted octanol–water partition coefficient (Wildman–Crippen LogP) is 8.14. The van der Waals surface area contributed by atoms with Gasteiger partial charge < -0.3 is 38.5 Å². The first-order valence-corrected chi connectivity index (χ1v) is 18.0. The molecule has 5 rings (SSSR count). The van der Waals surface area contributed by atoms with Crippen LogP contribution in [0.5, 0.6) is 23.0 Å². The summed E-state index contributed by atoms with van der Waals surface area (Å²) >= 11 is 6.90. The number of alkyl carbamates (subject to hydrolysis) is 1. The number of rotatable bonds is 16. The van der Waals surface area contributed by atoms with E-state index in [4.69, 9.17) is 40.3 Å². The second-order valence-corrected chi connectivity index (χ2v) is 14.0. The highest BCUT2D eigenvalue weighted by molar-refractivity contribution is 6.34. The molecule has 2 heterocycles. The third-order valence-electron chi connectivity index (χ3n) is 8.65. The van der Waals surface area contributed by atoms with Gasteiger partial charge in [0.15, 0.2) is 11.0 Å². The maximum Gasteiger partial charge on any atom is 0.407 e. The number of amides is 1. The normalized spacial score (nSPS) is 11.3. The van der Waals surface area contributed by atoms with Gasteiger partial charge in [-0.25, -0.2) is 9.78 Å². The van der Waals surface area contributed by atoms with Crippen LogP contribution in [0.1, 0.15) is 68.6 Å². The second kappa shape index (κ2) is 17.5. The van der Waals surface area contributed by atoms with Gasteiger partial charge in [-0.1, -0.05) is 49.2 Å². The number of fused-ring (bicyclic) bond motifs is 1. The monoisotopic (exact) mass is 744 g/mol. The summed E-state index contributed by atoms with van der Waals surface area (Å²) in [6, 6.07) is 19.6. The van der Waals surface area contributed by atoms with Gasteiger partial charge in [0, 0.05) is 55.9 Å². The highest BCUT2D eigenvalue weighted by Crippen LogP contribution is 2.35. The van der Waals surface area contributed by atoms with Crippen LogP contribution in [0, 0.1) is 0 Å². The van der Waals surface area contributed by atoms with E-state index in [1.54, 1.807) is 28.4 Å². The van der Waals surface area contributed by atoms with Gasteiger partial charge in [-0.2, -0.15) is 0 Å². The van der Waals surface area contributed by atoms with Crippen LogP contribution < -0.4 is 29.2 Å². The molecule has 3 aromatic carbocycles. The number of benzene rings is 3. The zero-order valence-corrected chi connectivity index (χ0v) is 32.5. The molecule has 0 saturated heterocycles. The van der Waals surface area contributed by atoms with Gasteiger partial charge in [0.05, 0.1) is 28.4 Å². The summed E-state index contributed by atoms with van der Waals surface area (Å²) in [4.78, 5) is 19.5. The molecule has 0 fully saturated rings. The van der Waals surface area contributed by atoms with E-state index in [-0.39, 0.29) is 5.15 Å². The van der Waals surface area contributed by atoms with E-state index in [1.807, 2.05) is 81.4 Å². The van der Waals surface area contributed by atoms with Gasteiger partial charge >= 0.3 is 6.09 Å². The summed E-state index contributed by atoms with van der Waals surface area (Å²) in [6.45, 7) is 9.35. The van der Waals surface area contributed by atoms with E-state index < -0.39 is 11.7 Å². The van der Waals surface area contributed by atoms with Crippen molar-refractivity contribution in [3.63, 3.8) is 0 Å². The van der Waals surface area contributed by atoms with E-state index in [0.29, 0.717) is 66.0 Å². The van der Waals surface area contributed by atoms with Crippen molar-refractivity contribution in [2.75, 3.05) is 33.3 Å². The highest BCUT2D eigenvalue weighted by atomic mass is 35.5. The van der Waals surface area contributed by atoms with Crippen LogP contribution in [-0.2, 0) is 37.3 Å². The third kappa shape index (κ3) is 9.81. The van der Waals surface area contributed by atoms with Gasteiger partial charge in [0.25, 0.3) is 0 Å². The first-order valence-electron chi connectivity index (χ1n) is 17.6. The average molecular weight is 745 g/mol. The molecule has 13 heteroatoms. The van der Waals surface area contributed by atoms with Crippen molar-refractivity contribution in [2.45, 2.75) is 78.7 Å². The Morgan fingerprint density at radius 3 is 1.94 bits per heavy atom. The maximum atomic E-state index is 12.2. The van der Waals surface area contributed by atoms with Crippen LogP contribution in [0.2, 0.25) is 5.15 Å². The molecule has 0 saturated carbocycles. The molecule has 12 nitrogen and oxygen atoms in total. The Hall–Kier alpha value is -5.23. The average Bonchev–Trinajstić information content (AvgIpc) is 3.51. The summed E-state index contributed by atoms with van der Waals surface area (Å²) in [5.74, 6) is 4.18. The van der Waals surface area contributed by atoms with E-state index in [1.165, 1.54) is 0 Å². The number of anilines is 1. The first kappa shape index (κ1) is 39.0. The third-order valence-corrected chi connectivity index (χ3v) is 8.90. The molecular formula is C40H49ClN6O6. The fraction of sp³-hybridized carbons (Fsp3) is 0.400. The molecule has 0 aliphatic rings. The van der Waals surface area contributed by atoms with Crippen molar-refractivity contribution in [1.29, 1.82) is 0 Å². The number of aryl methyl sites for hydroxylation is 1. The van der Waals surface area contributed by atoms with Crippen LogP contribution in [0.4, 0.5) is 10.6 Å². The van der Waals surface area contributed by atoms with Gasteiger partial charge in [0.1, 0.15) is 45.5 Å². The van der Waals surface area contributed by atoms with Gasteiger partial charge in [-0.05, 0) is 62.6 Å². The quantitative estimate of drug-likeness (QED) is 0.106. The lowest BCUT2D eigenvalue weighted by Gasteiger charge is -2.26. The summed E-state index contributed by atoms with van der Waals surface area (Å²) < 4.78 is 30.0. The number of aromatic nitrogens is 4. The molecule has 2 aromatic heterocycles. The molecule has 0 spiro atoms. The Labute approximate surface area is 316 Å². The number of halogens is 1. The van der Waals surface area contributed by atoms with E-state index in [0.717, 1.165) is 47.3 Å². The molecule has 0 atom stereocenters. The van der Waals surface area contributed by atoms with Crippen molar-refractivity contribution in [3.05, 3.63) is 93.9 Å². The number of unbranched alkanes of at least 4 members (excludes halogenated alkanes) is 1. The Kier molecular flexibility index (Phi) is 12.9. The zero-order chi connectivity index (χ0) is 38.1. The van der Waals surface area contributed by atoms with Crippen LogP contribution in [0.25, 0.3) is 11.0 Å². The number of nitrogens with zero attached hydrogens (tertiary/aromatic N) is 5. The fourth-order valence-electron chi connectivity index (χ4n) is 5.97. The second-order valence-electron chi connectivity index (χ2n) is 13.6. The van der Waals surface area contributed by atoms with E-state index in [9.17, 15) is 4.79 Å². The summed E-state index contributed by atoms with van der Waals surface area (Å²) in [6.07, 6.45) is 2.24. The van der Waals surface area contributed by atoms with E-state index in [2.05, 4.69) is 31.9 Å². The number of carbonyl (C=O) groups excluding carboxylic acids is 1. The highest BCUT2D eigenvalue weighted by Gasteiger charge is 2.25. The van der Waals surface area contributed by atoms with Gasteiger partial charge in [0.2, 0.25) is 0 Å². The molecule has 0 unspecified atom stereocenters. The lowest BCUT2D eigenvalue weighted by atomic mass is 10.1. The molecule has 1 N–H and O–H groups in total. The SMILES string of the molecule is CCCCc1nc2c(N(Cc3ccc(OC)cc3OC)Cc3ccc(OC)cc3OC)nnc(Cl)c2n1Cc1ccc(CNC(=O)OC(C)(C)C)cc1. The minimum absolute atomic E-state index is 0.265. The predicted molar refractivity (Wildman–Crippen MR) is 207 cm³/mol. The number of methoxy groups -OCH3 is 4. The number of nitrogens with one attached hydrogen (secondary N) is 1. The Bertz CT molecular complexity index is 1950. The molecule has 5 aromatic rings. The number of hydrogen-bond donors (Lipinski definition) is 1. The molecule has 0 bridgehead atoms. The van der Waals surface area contributed by atoms with Gasteiger partial charge in [-0.15, -0.1) is 10.2 Å². The van der Waals surface area contributed by atoms with Crippen LogP contribution in [0.15, 0.2) is 60.7 Å². The van der Waals surface area contributed by atoms with Crippen LogP contribution in [0.3, 0.4) is 0 Å². The molecule has 1 amide bonds. The molecule has 0 radical (unpaired) electrons. The topological polar surface area (TPSA) is 122 Å². The van der Waals surface area contributed by atoms with Crippen molar-refractivity contribution in [1.82, 2.24) is 25.1 Å². The smallest absolute Gasteiger partial charge is 0.407 e. The molecular weight excluding hydrogens is 696 g/mol. The van der Waals surface area contributed by atoms with E-state index >= 15 is 0 Å². The van der Waals surface area contributed by atoms with Gasteiger partial charge in [-0.3, -0.25) is 0 Å². The van der Waals surface area contributed by atoms with Crippen LogP contribution in [-0.4, -0.2) is 59.9 Å². The Morgan fingerprint density at radius 1 is 0.830 bits per heavy atom. The fourth-order valence-corrected chi connectivity index (χ4v) is 6.20. The zero-order valence-electron chi connectivity index (χ0n) is 31.8. The lowest BCUT2D eigenvalue weighted by molar-refractivity contribution is 0.0523. The van der Waals surface area contributed by atoms with Crippen molar-refractivity contribution in [2.24, 2.45) is 0 Å². The first-order chi connectivity index (χ1) is 25.5. The minimum atomic E-state index is -0.565. The summed E-state index contributed by atoms with van der Waals surface area (Å²) in [5, 5.41) is 12.3. The summed E-state index contributed by atoms with van der Waals surface area (Å²) in [5.41, 5.74) is 4.60. The van der Waals surface area contributed by atoms with Crippen molar-refractivity contribution < 1.29 is 28.5 Å². The largest absolute Gasteiger partial charge is 0.497 e. The molecule has 0 aliphatic carbocycles. The minimum Gasteiger partial charge on any atom is -0.497 e. The number of imidazole rings is 1.